The summed E-state index contributed by atoms with van der Waals surface area (Å²) in [5.41, 5.74) is 0.624. The molecule has 2 atom stereocenters. The van der Waals surface area contributed by atoms with Gasteiger partial charge in [-0.2, -0.15) is 0 Å². The molecule has 1 saturated heterocycles. The highest BCUT2D eigenvalue weighted by Gasteiger charge is 2.25. The lowest BCUT2D eigenvalue weighted by Gasteiger charge is -2.13. The van der Waals surface area contributed by atoms with Crippen molar-refractivity contribution in [2.45, 2.75) is 19.4 Å². The predicted octanol–water partition coefficient (Wildman–Crippen LogP) is 3.15. The molecule has 1 aliphatic rings. The molecule has 3 heteroatoms. The number of nitrogens with one attached hydrogen (secondary N) is 1. The molecular weight excluding hydrogens is 201 g/mol. The van der Waals surface area contributed by atoms with Gasteiger partial charge in [-0.1, -0.05) is 24.6 Å². The van der Waals surface area contributed by atoms with Gasteiger partial charge in [-0.15, -0.1) is 0 Å². The summed E-state index contributed by atoms with van der Waals surface area (Å²) in [5, 5.41) is 3.80. The van der Waals surface area contributed by atoms with Crippen LogP contribution in [0, 0.1) is 11.7 Å². The second kappa shape index (κ2) is 3.87. The summed E-state index contributed by atoms with van der Waals surface area (Å²) in [7, 11) is 0. The van der Waals surface area contributed by atoms with Gasteiger partial charge in [0.05, 0.1) is 0 Å². The molecule has 1 fully saturated rings. The van der Waals surface area contributed by atoms with Gasteiger partial charge in [0.15, 0.2) is 0 Å². The van der Waals surface area contributed by atoms with E-state index in [4.69, 9.17) is 11.6 Å². The zero-order valence-electron chi connectivity index (χ0n) is 8.06. The Morgan fingerprint density at radius 1 is 1.50 bits per heavy atom. The van der Waals surface area contributed by atoms with Gasteiger partial charge in [0.2, 0.25) is 0 Å². The Balaban J connectivity index is 2.31. The lowest BCUT2D eigenvalue weighted by molar-refractivity contribution is 0.550. The van der Waals surface area contributed by atoms with Crippen LogP contribution < -0.4 is 5.32 Å². The van der Waals surface area contributed by atoms with Crippen LogP contribution in [0.4, 0.5) is 4.39 Å². The van der Waals surface area contributed by atoms with Gasteiger partial charge < -0.3 is 5.32 Å². The van der Waals surface area contributed by atoms with Crippen LogP contribution in [0.15, 0.2) is 18.2 Å². The maximum absolute atomic E-state index is 13.5. The monoisotopic (exact) mass is 213 g/mol. The third kappa shape index (κ3) is 1.77. The van der Waals surface area contributed by atoms with E-state index in [0.29, 0.717) is 16.5 Å². The molecule has 1 aliphatic heterocycles. The number of rotatable bonds is 1. The zero-order valence-corrected chi connectivity index (χ0v) is 8.81. The van der Waals surface area contributed by atoms with E-state index < -0.39 is 0 Å². The van der Waals surface area contributed by atoms with E-state index in [2.05, 4.69) is 12.2 Å². The normalized spacial score (nSPS) is 26.8. The SMILES string of the molecule is C[C@@H]1CN[C@H](c2c(F)cccc2Cl)C1. The standard InChI is InChI=1S/C11H13ClFN/c1-7-5-10(14-6-7)11-8(12)3-2-4-9(11)13/h2-4,7,10,14H,5-6H2,1H3/t7-,10-/m0/s1. The van der Waals surface area contributed by atoms with Crippen molar-refractivity contribution < 1.29 is 4.39 Å². The number of hydrogen-bond acceptors (Lipinski definition) is 1. The van der Waals surface area contributed by atoms with Crippen molar-refractivity contribution in [2.75, 3.05) is 6.54 Å². The summed E-state index contributed by atoms with van der Waals surface area (Å²) in [6, 6.07) is 4.93. The van der Waals surface area contributed by atoms with Crippen molar-refractivity contribution in [3.8, 4) is 0 Å². The molecule has 1 heterocycles. The Morgan fingerprint density at radius 3 is 2.86 bits per heavy atom. The second-order valence-corrected chi connectivity index (χ2v) is 4.34. The van der Waals surface area contributed by atoms with Gasteiger partial charge in [-0.25, -0.2) is 4.39 Å². The first kappa shape index (κ1) is 9.94. The van der Waals surface area contributed by atoms with E-state index >= 15 is 0 Å². The third-order valence-corrected chi connectivity index (χ3v) is 3.03. The van der Waals surface area contributed by atoms with Crippen molar-refractivity contribution in [1.29, 1.82) is 0 Å². The fraction of sp³-hybridized carbons (Fsp3) is 0.455. The molecule has 0 aromatic heterocycles. The van der Waals surface area contributed by atoms with Gasteiger partial charge in [0.25, 0.3) is 0 Å². The van der Waals surface area contributed by atoms with E-state index in [1.165, 1.54) is 6.07 Å². The van der Waals surface area contributed by atoms with Gasteiger partial charge in [-0.3, -0.25) is 0 Å². The molecule has 0 aliphatic carbocycles. The highest BCUT2D eigenvalue weighted by Crippen LogP contribution is 2.33. The molecule has 0 spiro atoms. The van der Waals surface area contributed by atoms with Crippen molar-refractivity contribution in [2.24, 2.45) is 5.92 Å². The van der Waals surface area contributed by atoms with E-state index in [1.807, 2.05) is 0 Å². The van der Waals surface area contributed by atoms with Crippen LogP contribution in [0.3, 0.4) is 0 Å². The van der Waals surface area contributed by atoms with Crippen LogP contribution in [0.25, 0.3) is 0 Å². The molecule has 2 rings (SSSR count). The first-order chi connectivity index (χ1) is 6.68. The molecule has 1 aromatic rings. The maximum atomic E-state index is 13.5. The predicted molar refractivity (Wildman–Crippen MR) is 55.9 cm³/mol. The van der Waals surface area contributed by atoms with Crippen LogP contribution in [0.5, 0.6) is 0 Å². The maximum Gasteiger partial charge on any atom is 0.129 e. The van der Waals surface area contributed by atoms with Crippen LogP contribution in [0.2, 0.25) is 5.02 Å². The Kier molecular flexibility index (Phi) is 2.75. The third-order valence-electron chi connectivity index (χ3n) is 2.70. The van der Waals surface area contributed by atoms with Crippen LogP contribution in [-0.4, -0.2) is 6.54 Å². The molecular formula is C11H13ClFN. The zero-order chi connectivity index (χ0) is 10.1. The Labute approximate surface area is 88.3 Å². The lowest BCUT2D eigenvalue weighted by atomic mass is 10.0. The van der Waals surface area contributed by atoms with Crippen molar-refractivity contribution in [1.82, 2.24) is 5.32 Å². The van der Waals surface area contributed by atoms with E-state index in [0.717, 1.165) is 13.0 Å². The summed E-state index contributed by atoms with van der Waals surface area (Å²) in [6.45, 7) is 3.09. The fourth-order valence-corrected chi connectivity index (χ4v) is 2.27. The minimum Gasteiger partial charge on any atom is -0.309 e. The number of hydrogen-bond donors (Lipinski definition) is 1. The molecule has 14 heavy (non-hydrogen) atoms. The molecule has 1 nitrogen and oxygen atoms in total. The Hall–Kier alpha value is -0.600. The van der Waals surface area contributed by atoms with Crippen LogP contribution in [0.1, 0.15) is 24.9 Å². The quantitative estimate of drug-likeness (QED) is 0.756. The van der Waals surface area contributed by atoms with Gasteiger partial charge in [-0.05, 0) is 31.0 Å². The molecule has 1 N–H and O–H groups in total. The van der Waals surface area contributed by atoms with E-state index in [1.54, 1.807) is 12.1 Å². The minimum atomic E-state index is -0.205. The van der Waals surface area contributed by atoms with Gasteiger partial charge in [0.1, 0.15) is 5.82 Å². The van der Waals surface area contributed by atoms with Crippen LogP contribution in [-0.2, 0) is 0 Å². The lowest BCUT2D eigenvalue weighted by Crippen LogP contribution is -2.15. The molecule has 1 aromatic carbocycles. The topological polar surface area (TPSA) is 12.0 Å². The second-order valence-electron chi connectivity index (χ2n) is 3.94. The molecule has 0 amide bonds. The smallest absolute Gasteiger partial charge is 0.129 e. The highest BCUT2D eigenvalue weighted by atomic mass is 35.5. The Morgan fingerprint density at radius 2 is 2.29 bits per heavy atom. The van der Waals surface area contributed by atoms with Crippen molar-refractivity contribution in [3.63, 3.8) is 0 Å². The average Bonchev–Trinajstić information content (AvgIpc) is 2.51. The molecule has 0 saturated carbocycles. The van der Waals surface area contributed by atoms with E-state index in [9.17, 15) is 4.39 Å². The first-order valence-corrected chi connectivity index (χ1v) is 5.23. The van der Waals surface area contributed by atoms with Gasteiger partial charge >= 0.3 is 0 Å². The van der Waals surface area contributed by atoms with E-state index in [-0.39, 0.29) is 11.9 Å². The number of benzene rings is 1. The largest absolute Gasteiger partial charge is 0.309 e. The average molecular weight is 214 g/mol. The molecule has 0 bridgehead atoms. The Bertz CT molecular complexity index is 320. The first-order valence-electron chi connectivity index (χ1n) is 4.85. The fourth-order valence-electron chi connectivity index (χ4n) is 1.98. The van der Waals surface area contributed by atoms with Crippen LogP contribution >= 0.6 is 11.6 Å². The summed E-state index contributed by atoms with van der Waals surface area (Å²) < 4.78 is 13.5. The summed E-state index contributed by atoms with van der Waals surface area (Å²) in [5.74, 6) is 0.389. The summed E-state index contributed by atoms with van der Waals surface area (Å²) in [4.78, 5) is 0. The van der Waals surface area contributed by atoms with Crippen molar-refractivity contribution >= 4 is 11.6 Å². The number of halogens is 2. The molecule has 76 valence electrons. The summed E-state index contributed by atoms with van der Waals surface area (Å²) in [6.07, 6.45) is 0.959. The molecule has 0 unspecified atom stereocenters. The van der Waals surface area contributed by atoms with Gasteiger partial charge in [0, 0.05) is 16.6 Å². The van der Waals surface area contributed by atoms with Crippen molar-refractivity contribution in [3.05, 3.63) is 34.6 Å². The minimum absolute atomic E-state index is 0.0821. The summed E-state index contributed by atoms with van der Waals surface area (Å²) >= 11 is 5.98. The highest BCUT2D eigenvalue weighted by molar-refractivity contribution is 6.31. The molecule has 0 radical (unpaired) electrons.